The van der Waals surface area contributed by atoms with Gasteiger partial charge in [-0.05, 0) is 12.0 Å². The van der Waals surface area contributed by atoms with Gasteiger partial charge in [-0.2, -0.15) is 0 Å². The van der Waals surface area contributed by atoms with Gasteiger partial charge in [0.25, 0.3) is 0 Å². The Morgan fingerprint density at radius 1 is 1.44 bits per heavy atom. The number of methoxy groups -OCH3 is 1. The summed E-state index contributed by atoms with van der Waals surface area (Å²) in [6.07, 6.45) is 1.97. The van der Waals surface area contributed by atoms with Crippen molar-refractivity contribution in [3.8, 4) is 5.75 Å². The average molecular weight is 219 g/mol. The zero-order chi connectivity index (χ0) is 11.7. The molecule has 2 heterocycles. The highest BCUT2D eigenvalue weighted by Crippen LogP contribution is 2.26. The van der Waals surface area contributed by atoms with Crippen molar-refractivity contribution in [1.29, 1.82) is 0 Å². The molecule has 4 heteroatoms. The zero-order valence-corrected chi connectivity index (χ0v) is 10.1. The fourth-order valence-electron chi connectivity index (χ4n) is 1.82. The van der Waals surface area contributed by atoms with Crippen LogP contribution in [0.1, 0.15) is 25.5 Å². The summed E-state index contributed by atoms with van der Waals surface area (Å²) in [6.45, 7) is 4.28. The van der Waals surface area contributed by atoms with Crippen LogP contribution < -0.4 is 10.1 Å². The van der Waals surface area contributed by atoms with Gasteiger partial charge in [-0.25, -0.2) is 4.98 Å². The molecule has 0 saturated carbocycles. The molecule has 2 rings (SSSR count). The SMILES string of the molecule is CNc1c(C(C)C)nc2cc(OC)ccn12. The molecule has 86 valence electrons. The molecule has 0 fully saturated rings. The first-order valence-corrected chi connectivity index (χ1v) is 5.41. The Kier molecular flexibility index (Phi) is 2.73. The van der Waals surface area contributed by atoms with Crippen LogP contribution in [-0.4, -0.2) is 23.5 Å². The molecular formula is C12H17N3O. The molecule has 0 aliphatic rings. The second-order valence-corrected chi connectivity index (χ2v) is 4.05. The number of hydrogen-bond donors (Lipinski definition) is 1. The molecule has 1 N–H and O–H groups in total. The van der Waals surface area contributed by atoms with Gasteiger partial charge in [0, 0.05) is 19.3 Å². The van der Waals surface area contributed by atoms with E-state index >= 15 is 0 Å². The van der Waals surface area contributed by atoms with Crippen LogP contribution in [-0.2, 0) is 0 Å². The fourth-order valence-corrected chi connectivity index (χ4v) is 1.82. The van der Waals surface area contributed by atoms with Crippen molar-refractivity contribution in [1.82, 2.24) is 9.38 Å². The topological polar surface area (TPSA) is 38.6 Å². The number of nitrogens with one attached hydrogen (secondary N) is 1. The molecule has 0 aliphatic carbocycles. The predicted molar refractivity (Wildman–Crippen MR) is 65.4 cm³/mol. The first kappa shape index (κ1) is 10.8. The van der Waals surface area contributed by atoms with E-state index in [0.29, 0.717) is 5.92 Å². The minimum atomic E-state index is 0.397. The number of rotatable bonds is 3. The van der Waals surface area contributed by atoms with Crippen LogP contribution in [0.15, 0.2) is 18.3 Å². The third-order valence-electron chi connectivity index (χ3n) is 2.64. The van der Waals surface area contributed by atoms with E-state index in [9.17, 15) is 0 Å². The van der Waals surface area contributed by atoms with Gasteiger partial charge in [0.05, 0.1) is 12.8 Å². The van der Waals surface area contributed by atoms with E-state index in [2.05, 4.69) is 24.1 Å². The smallest absolute Gasteiger partial charge is 0.142 e. The lowest BCUT2D eigenvalue weighted by Gasteiger charge is -2.06. The normalized spacial score (nSPS) is 11.1. The van der Waals surface area contributed by atoms with Crippen molar-refractivity contribution < 1.29 is 4.74 Å². The largest absolute Gasteiger partial charge is 0.497 e. The summed E-state index contributed by atoms with van der Waals surface area (Å²) < 4.78 is 7.23. The van der Waals surface area contributed by atoms with Gasteiger partial charge >= 0.3 is 0 Å². The van der Waals surface area contributed by atoms with Gasteiger partial charge < -0.3 is 10.1 Å². The van der Waals surface area contributed by atoms with Crippen molar-refractivity contribution in [3.05, 3.63) is 24.0 Å². The first-order valence-electron chi connectivity index (χ1n) is 5.41. The van der Waals surface area contributed by atoms with Crippen LogP contribution in [0.25, 0.3) is 5.65 Å². The van der Waals surface area contributed by atoms with Gasteiger partial charge in [-0.15, -0.1) is 0 Å². The lowest BCUT2D eigenvalue weighted by Crippen LogP contribution is -1.98. The standard InChI is InChI=1S/C12H17N3O/c1-8(2)11-12(13-3)15-6-5-9(16-4)7-10(15)14-11/h5-8,13H,1-4H3. The molecule has 0 amide bonds. The third-order valence-corrected chi connectivity index (χ3v) is 2.64. The Bertz CT molecular complexity index is 502. The molecule has 16 heavy (non-hydrogen) atoms. The van der Waals surface area contributed by atoms with E-state index in [-0.39, 0.29) is 0 Å². The van der Waals surface area contributed by atoms with Gasteiger partial charge in [0.15, 0.2) is 0 Å². The maximum Gasteiger partial charge on any atom is 0.142 e. The van der Waals surface area contributed by atoms with E-state index < -0.39 is 0 Å². The quantitative estimate of drug-likeness (QED) is 0.862. The molecule has 0 bridgehead atoms. The number of hydrogen-bond acceptors (Lipinski definition) is 3. The molecule has 0 saturated heterocycles. The van der Waals surface area contributed by atoms with Gasteiger partial charge in [0.2, 0.25) is 0 Å². The molecule has 0 radical (unpaired) electrons. The first-order chi connectivity index (χ1) is 7.67. The van der Waals surface area contributed by atoms with Crippen molar-refractivity contribution in [2.75, 3.05) is 19.5 Å². The number of pyridine rings is 1. The zero-order valence-electron chi connectivity index (χ0n) is 10.1. The maximum atomic E-state index is 5.19. The highest BCUT2D eigenvalue weighted by Gasteiger charge is 2.13. The highest BCUT2D eigenvalue weighted by atomic mass is 16.5. The average Bonchev–Trinajstić information content (AvgIpc) is 2.66. The summed E-state index contributed by atoms with van der Waals surface area (Å²) in [7, 11) is 3.58. The molecular weight excluding hydrogens is 202 g/mol. The van der Waals surface area contributed by atoms with E-state index in [1.807, 2.05) is 29.8 Å². The lowest BCUT2D eigenvalue weighted by molar-refractivity contribution is 0.414. The van der Waals surface area contributed by atoms with Crippen molar-refractivity contribution in [2.24, 2.45) is 0 Å². The minimum Gasteiger partial charge on any atom is -0.497 e. The van der Waals surface area contributed by atoms with E-state index in [0.717, 1.165) is 22.9 Å². The van der Waals surface area contributed by atoms with E-state index in [4.69, 9.17) is 4.74 Å². The van der Waals surface area contributed by atoms with E-state index in [1.165, 1.54) is 0 Å². The number of ether oxygens (including phenoxy) is 1. The number of nitrogens with zero attached hydrogens (tertiary/aromatic N) is 2. The van der Waals surface area contributed by atoms with Crippen molar-refractivity contribution >= 4 is 11.5 Å². The van der Waals surface area contributed by atoms with Gasteiger partial charge in [-0.3, -0.25) is 4.40 Å². The molecule has 2 aromatic rings. The molecule has 0 atom stereocenters. The van der Waals surface area contributed by atoms with Crippen LogP contribution in [0.2, 0.25) is 0 Å². The second-order valence-electron chi connectivity index (χ2n) is 4.05. The molecule has 0 aromatic carbocycles. The summed E-state index contributed by atoms with van der Waals surface area (Å²) in [5.41, 5.74) is 1.99. The monoisotopic (exact) mass is 219 g/mol. The van der Waals surface area contributed by atoms with Crippen molar-refractivity contribution in [2.45, 2.75) is 19.8 Å². The lowest BCUT2D eigenvalue weighted by atomic mass is 10.1. The van der Waals surface area contributed by atoms with Gasteiger partial charge in [-0.1, -0.05) is 13.8 Å². The molecule has 0 spiro atoms. The molecule has 4 nitrogen and oxygen atoms in total. The minimum absolute atomic E-state index is 0.397. The van der Waals surface area contributed by atoms with E-state index in [1.54, 1.807) is 7.11 Å². The van der Waals surface area contributed by atoms with Gasteiger partial charge in [0.1, 0.15) is 17.2 Å². The highest BCUT2D eigenvalue weighted by molar-refractivity contribution is 5.57. The predicted octanol–water partition coefficient (Wildman–Crippen LogP) is 2.51. The van der Waals surface area contributed by atoms with Crippen LogP contribution in [0.4, 0.5) is 5.82 Å². The number of imidazole rings is 1. The Hall–Kier alpha value is -1.71. The maximum absolute atomic E-state index is 5.19. The number of anilines is 1. The second kappa shape index (κ2) is 4.04. The third kappa shape index (κ3) is 1.60. The number of fused-ring (bicyclic) bond motifs is 1. The summed E-state index contributed by atoms with van der Waals surface area (Å²) in [5, 5.41) is 3.20. The summed E-state index contributed by atoms with van der Waals surface area (Å²) >= 11 is 0. The Morgan fingerprint density at radius 3 is 2.75 bits per heavy atom. The Labute approximate surface area is 95.3 Å². The summed E-state index contributed by atoms with van der Waals surface area (Å²) in [6, 6.07) is 3.87. The van der Waals surface area contributed by atoms with Crippen LogP contribution >= 0.6 is 0 Å². The Morgan fingerprint density at radius 2 is 2.19 bits per heavy atom. The fraction of sp³-hybridized carbons (Fsp3) is 0.417. The molecule has 0 aliphatic heterocycles. The van der Waals surface area contributed by atoms with Crippen LogP contribution in [0.3, 0.4) is 0 Å². The van der Waals surface area contributed by atoms with Crippen LogP contribution in [0.5, 0.6) is 5.75 Å². The van der Waals surface area contributed by atoms with Crippen LogP contribution in [0, 0.1) is 0 Å². The Balaban J connectivity index is 2.66. The molecule has 0 unspecified atom stereocenters. The van der Waals surface area contributed by atoms with Crippen molar-refractivity contribution in [3.63, 3.8) is 0 Å². The number of aromatic nitrogens is 2. The summed E-state index contributed by atoms with van der Waals surface area (Å²) in [5.74, 6) is 2.27. The summed E-state index contributed by atoms with van der Waals surface area (Å²) in [4.78, 5) is 4.61. The molecule has 2 aromatic heterocycles.